The minimum Gasteiger partial charge on any atom is -0.481 e. The first-order valence-electron chi connectivity index (χ1n) is 11.3. The van der Waals surface area contributed by atoms with Crippen LogP contribution in [-0.2, 0) is 28.0 Å². The predicted molar refractivity (Wildman–Crippen MR) is 127 cm³/mol. The molecule has 6 nitrogen and oxygen atoms in total. The summed E-state index contributed by atoms with van der Waals surface area (Å²) in [4.78, 5) is 30.9. The van der Waals surface area contributed by atoms with E-state index in [2.05, 4.69) is 30.9 Å². The van der Waals surface area contributed by atoms with Gasteiger partial charge in [0.2, 0.25) is 0 Å². The van der Waals surface area contributed by atoms with E-state index in [1.807, 2.05) is 42.5 Å². The highest BCUT2D eigenvalue weighted by molar-refractivity contribution is 6.00. The molecule has 0 saturated carbocycles. The first-order valence-corrected chi connectivity index (χ1v) is 11.3. The van der Waals surface area contributed by atoms with Crippen molar-refractivity contribution in [2.45, 2.75) is 51.0 Å². The summed E-state index contributed by atoms with van der Waals surface area (Å²) in [5.41, 5.74) is 2.09. The van der Waals surface area contributed by atoms with Crippen LogP contribution in [0.25, 0.3) is 10.9 Å². The Balaban J connectivity index is 1.87. The molecule has 2 aromatic carbocycles. The highest BCUT2D eigenvalue weighted by Gasteiger charge is 2.52. The summed E-state index contributed by atoms with van der Waals surface area (Å²) in [7, 11) is 1.47. The van der Waals surface area contributed by atoms with Gasteiger partial charge in [-0.25, -0.2) is 4.79 Å². The molecule has 0 radical (unpaired) electrons. The van der Waals surface area contributed by atoms with Gasteiger partial charge in [0.1, 0.15) is 0 Å². The first kappa shape index (κ1) is 22.6. The van der Waals surface area contributed by atoms with E-state index in [0.29, 0.717) is 29.6 Å². The van der Waals surface area contributed by atoms with Crippen molar-refractivity contribution in [2.75, 3.05) is 7.11 Å². The number of nitrogens with zero attached hydrogens (tertiary/aromatic N) is 2. The fourth-order valence-corrected chi connectivity index (χ4v) is 4.74. The fourth-order valence-electron chi connectivity index (χ4n) is 4.74. The minimum atomic E-state index is -1.04. The molecule has 6 heteroatoms. The van der Waals surface area contributed by atoms with Gasteiger partial charge in [-0.3, -0.25) is 14.2 Å². The van der Waals surface area contributed by atoms with E-state index in [1.54, 1.807) is 4.57 Å². The first-order chi connectivity index (χ1) is 16.0. The van der Waals surface area contributed by atoms with Crippen LogP contribution in [0.5, 0.6) is 0 Å². The minimum absolute atomic E-state index is 0.187. The maximum absolute atomic E-state index is 13.5. The number of amides is 1. The summed E-state index contributed by atoms with van der Waals surface area (Å²) in [6.07, 6.45) is 3.52. The molecule has 0 bridgehead atoms. The van der Waals surface area contributed by atoms with Crippen molar-refractivity contribution >= 4 is 22.9 Å². The molecule has 1 amide bonds. The average molecular weight is 445 g/mol. The number of aromatic nitrogens is 1. The number of para-hydroxylation sites is 1. The Bertz CT molecular complexity index is 1240. The van der Waals surface area contributed by atoms with Crippen molar-refractivity contribution < 1.29 is 19.5 Å². The Labute approximate surface area is 193 Å². The molecule has 4 rings (SSSR count). The standard InChI is InChI=1S/C27H28N2O4/c1-3-4-17-27(18-11-10-14-20-12-6-5-7-13-20)25-22(19-24(30)31)21-15-8-9-16-23(21)28(25)26(32)29(27)33-2/h5-9,12-13,15-16H,3-4,10,14,17,19H2,1-2H3,(H,30,31). The molecule has 170 valence electrons. The second kappa shape index (κ2) is 9.51. The van der Waals surface area contributed by atoms with Gasteiger partial charge in [0.05, 0.1) is 24.7 Å². The monoisotopic (exact) mass is 444 g/mol. The van der Waals surface area contributed by atoms with Crippen LogP contribution < -0.4 is 0 Å². The van der Waals surface area contributed by atoms with Crippen molar-refractivity contribution in [3.05, 3.63) is 71.4 Å². The summed E-state index contributed by atoms with van der Waals surface area (Å²) in [5, 5.41) is 11.8. The molecule has 1 atom stereocenters. The Hall–Kier alpha value is -3.56. The molecule has 1 aliphatic heterocycles. The topological polar surface area (TPSA) is 71.8 Å². The lowest BCUT2D eigenvalue weighted by molar-refractivity contribution is -0.137. The second-order valence-corrected chi connectivity index (χ2v) is 8.26. The average Bonchev–Trinajstić information content (AvgIpc) is 3.27. The van der Waals surface area contributed by atoms with Crippen molar-refractivity contribution in [2.24, 2.45) is 0 Å². The molecule has 1 aliphatic rings. The summed E-state index contributed by atoms with van der Waals surface area (Å²) in [6, 6.07) is 17.2. The number of carbonyl (C=O) groups excluding carboxylic acids is 1. The lowest BCUT2D eigenvalue weighted by Gasteiger charge is -2.32. The van der Waals surface area contributed by atoms with Gasteiger partial charge in [-0.05, 0) is 36.5 Å². The van der Waals surface area contributed by atoms with Crippen LogP contribution in [0.3, 0.4) is 0 Å². The van der Waals surface area contributed by atoms with E-state index in [4.69, 9.17) is 4.84 Å². The zero-order chi connectivity index (χ0) is 23.4. The lowest BCUT2D eigenvalue weighted by atomic mass is 9.86. The van der Waals surface area contributed by atoms with Gasteiger partial charge in [-0.2, -0.15) is 5.06 Å². The number of carboxylic acid groups (broad SMARTS) is 1. The third kappa shape index (κ3) is 4.01. The Morgan fingerprint density at radius 3 is 2.55 bits per heavy atom. The van der Waals surface area contributed by atoms with Crippen LogP contribution in [0, 0.1) is 11.8 Å². The van der Waals surface area contributed by atoms with Gasteiger partial charge in [0.15, 0.2) is 5.54 Å². The zero-order valence-electron chi connectivity index (χ0n) is 19.0. The van der Waals surface area contributed by atoms with Gasteiger partial charge in [-0.1, -0.05) is 73.7 Å². The number of rotatable bonds is 8. The largest absolute Gasteiger partial charge is 0.481 e. The van der Waals surface area contributed by atoms with Crippen molar-refractivity contribution in [1.29, 1.82) is 0 Å². The van der Waals surface area contributed by atoms with Crippen LogP contribution in [0.1, 0.15) is 49.4 Å². The third-order valence-electron chi connectivity index (χ3n) is 6.16. The number of aliphatic carboxylic acids is 1. The number of aryl methyl sites for hydroxylation is 1. The Morgan fingerprint density at radius 1 is 1.12 bits per heavy atom. The van der Waals surface area contributed by atoms with Gasteiger partial charge in [0.25, 0.3) is 0 Å². The van der Waals surface area contributed by atoms with Crippen molar-refractivity contribution in [3.63, 3.8) is 0 Å². The molecule has 1 aromatic heterocycles. The summed E-state index contributed by atoms with van der Waals surface area (Å²) in [6.45, 7) is 2.08. The van der Waals surface area contributed by atoms with E-state index in [9.17, 15) is 14.7 Å². The lowest BCUT2D eigenvalue weighted by Crippen LogP contribution is -2.42. The maximum Gasteiger partial charge on any atom is 0.354 e. The van der Waals surface area contributed by atoms with Crippen molar-refractivity contribution in [3.8, 4) is 11.8 Å². The molecule has 1 unspecified atom stereocenters. The molecule has 33 heavy (non-hydrogen) atoms. The quantitative estimate of drug-likeness (QED) is 0.489. The number of unbranched alkanes of at least 4 members (excludes halogenated alkanes) is 1. The number of hydroxylamine groups is 2. The normalized spacial score (nSPS) is 17.2. The van der Waals surface area contributed by atoms with Gasteiger partial charge in [-0.15, -0.1) is 0 Å². The smallest absolute Gasteiger partial charge is 0.354 e. The summed E-state index contributed by atoms with van der Waals surface area (Å²) < 4.78 is 1.60. The van der Waals surface area contributed by atoms with E-state index in [0.717, 1.165) is 24.6 Å². The Kier molecular flexibility index (Phi) is 6.52. The molecule has 1 N–H and O–H groups in total. The molecule has 3 aromatic rings. The predicted octanol–water partition coefficient (Wildman–Crippen LogP) is 5.14. The number of hydrogen-bond acceptors (Lipinski definition) is 3. The van der Waals surface area contributed by atoms with Crippen LogP contribution in [0.4, 0.5) is 4.79 Å². The van der Waals surface area contributed by atoms with Crippen LogP contribution in [0.2, 0.25) is 0 Å². The fraction of sp³-hybridized carbons (Fsp3) is 0.333. The number of carbonyl (C=O) groups is 2. The highest BCUT2D eigenvalue weighted by Crippen LogP contribution is 2.46. The molecule has 0 spiro atoms. The molecular formula is C27H28N2O4. The zero-order valence-corrected chi connectivity index (χ0v) is 19.0. The van der Waals surface area contributed by atoms with Crippen LogP contribution >= 0.6 is 0 Å². The molecule has 0 saturated heterocycles. The number of hydrogen-bond donors (Lipinski definition) is 1. The van der Waals surface area contributed by atoms with Gasteiger partial charge < -0.3 is 5.11 Å². The summed E-state index contributed by atoms with van der Waals surface area (Å²) >= 11 is 0. The highest BCUT2D eigenvalue weighted by atomic mass is 16.7. The molecule has 2 heterocycles. The molecule has 0 fully saturated rings. The van der Waals surface area contributed by atoms with Gasteiger partial charge >= 0.3 is 12.0 Å². The SMILES string of the molecule is CCCCC1(C#CCCc2ccccc2)c2c(CC(=O)O)c3ccccc3n2C(=O)N1OC. The summed E-state index contributed by atoms with van der Waals surface area (Å²) in [5.74, 6) is 5.72. The second-order valence-electron chi connectivity index (χ2n) is 8.26. The molecule has 0 aliphatic carbocycles. The van der Waals surface area contributed by atoms with Crippen LogP contribution in [-0.4, -0.2) is 33.8 Å². The van der Waals surface area contributed by atoms with Crippen molar-refractivity contribution in [1.82, 2.24) is 9.63 Å². The third-order valence-corrected chi connectivity index (χ3v) is 6.16. The molecular weight excluding hydrogens is 416 g/mol. The van der Waals surface area contributed by atoms with Gasteiger partial charge in [0, 0.05) is 11.8 Å². The maximum atomic E-state index is 13.5. The van der Waals surface area contributed by atoms with E-state index >= 15 is 0 Å². The van der Waals surface area contributed by atoms with E-state index in [1.165, 1.54) is 17.7 Å². The van der Waals surface area contributed by atoms with E-state index < -0.39 is 11.5 Å². The number of fused-ring (bicyclic) bond motifs is 3. The number of carboxylic acids is 1. The Morgan fingerprint density at radius 2 is 1.85 bits per heavy atom. The number of benzene rings is 2. The van der Waals surface area contributed by atoms with E-state index in [-0.39, 0.29) is 12.5 Å². The van der Waals surface area contributed by atoms with Crippen LogP contribution in [0.15, 0.2) is 54.6 Å².